The van der Waals surface area contributed by atoms with Crippen molar-refractivity contribution in [2.75, 3.05) is 4.90 Å². The van der Waals surface area contributed by atoms with E-state index >= 15 is 0 Å². The quantitative estimate of drug-likeness (QED) is 0.168. The molecule has 10 aromatic rings. The zero-order chi connectivity index (χ0) is 39.1. The van der Waals surface area contributed by atoms with Crippen LogP contribution in [-0.2, 0) is 5.41 Å². The van der Waals surface area contributed by atoms with Gasteiger partial charge in [-0.3, -0.25) is 0 Å². The summed E-state index contributed by atoms with van der Waals surface area (Å²) >= 11 is 1.85. The maximum Gasteiger partial charge on any atom is 0.140 e. The molecule has 8 aromatic carbocycles. The van der Waals surface area contributed by atoms with Crippen LogP contribution >= 0.6 is 11.3 Å². The molecule has 0 amide bonds. The van der Waals surface area contributed by atoms with Gasteiger partial charge in [0.25, 0.3) is 0 Å². The van der Waals surface area contributed by atoms with Crippen LogP contribution in [0.15, 0.2) is 199 Å². The van der Waals surface area contributed by atoms with E-state index < -0.39 is 5.41 Å². The van der Waals surface area contributed by atoms with Gasteiger partial charge < -0.3 is 14.1 Å². The number of anilines is 3. The van der Waals surface area contributed by atoms with Gasteiger partial charge in [0, 0.05) is 48.5 Å². The summed E-state index contributed by atoms with van der Waals surface area (Å²) in [6.07, 6.45) is 2.08. The average Bonchev–Trinajstić information content (AvgIpc) is 3.95. The van der Waals surface area contributed by atoms with Crippen LogP contribution in [0.1, 0.15) is 18.1 Å². The zero-order valence-electron chi connectivity index (χ0n) is 32.3. The van der Waals surface area contributed by atoms with Crippen LogP contribution in [0.4, 0.5) is 17.1 Å². The van der Waals surface area contributed by atoms with Crippen LogP contribution in [0, 0.1) is 0 Å². The molecule has 3 heterocycles. The fourth-order valence-electron chi connectivity index (χ4n) is 9.63. The van der Waals surface area contributed by atoms with Crippen molar-refractivity contribution >= 4 is 71.2 Å². The second-order valence-electron chi connectivity index (χ2n) is 15.7. The summed E-state index contributed by atoms with van der Waals surface area (Å²) in [7, 11) is 0. The number of fused-ring (bicyclic) bond motifs is 9. The molecule has 0 spiro atoms. The van der Waals surface area contributed by atoms with Gasteiger partial charge in [-0.2, -0.15) is 0 Å². The molecule has 3 nitrogen and oxygen atoms in total. The molecule has 2 aromatic heterocycles. The molecule has 59 heavy (non-hydrogen) atoms. The number of ether oxygens (including phenoxy) is 1. The summed E-state index contributed by atoms with van der Waals surface area (Å²) in [5.41, 5.74) is 12.7. The minimum Gasteiger partial charge on any atom is -0.485 e. The molecule has 2 atom stereocenters. The van der Waals surface area contributed by atoms with Crippen LogP contribution in [0.3, 0.4) is 0 Å². The van der Waals surface area contributed by atoms with Gasteiger partial charge in [-0.05, 0) is 83.8 Å². The molecule has 0 saturated carbocycles. The number of nitrogens with zero attached hydrogens (tertiary/aromatic N) is 1. The van der Waals surface area contributed by atoms with E-state index in [2.05, 4.69) is 212 Å². The lowest BCUT2D eigenvalue weighted by Crippen LogP contribution is -2.46. The monoisotopic (exact) mass is 775 g/mol. The first-order valence-corrected chi connectivity index (χ1v) is 21.0. The minimum absolute atomic E-state index is 0.227. The Labute approximate surface area is 346 Å². The fourth-order valence-corrected chi connectivity index (χ4v) is 10.8. The molecule has 4 heteroatoms. The molecule has 280 valence electrons. The maximum atomic E-state index is 7.10. The van der Waals surface area contributed by atoms with Crippen molar-refractivity contribution in [3.8, 4) is 28.0 Å². The number of hydrogen-bond donors (Lipinski definition) is 0. The summed E-state index contributed by atoms with van der Waals surface area (Å²) in [6, 6.07) is 69.6. The topological polar surface area (TPSA) is 25.6 Å². The number of benzene rings is 8. The molecule has 1 aliphatic heterocycles. The normalized spacial score (nSPS) is 16.7. The standard InChI is InChI=1S/C55H37NO2S/c1-55-45-25-10-12-28-49(45)57-51(55)34-44-43-33-39(30-31-48(43)58-53(44)52(55)38-21-14-20-37(32-38)35-16-4-2-5-17-35)56(46-26-11-8-22-40(46)36-18-6-3-7-19-36)47-27-15-24-42-41-23-9-13-29-50(41)59-54(42)47/h2-34,51H,1H3. The van der Waals surface area contributed by atoms with Crippen LogP contribution in [-0.4, -0.2) is 6.10 Å². The third-order valence-corrected chi connectivity index (χ3v) is 13.6. The lowest BCUT2D eigenvalue weighted by atomic mass is 9.68. The Hall–Kier alpha value is -7.14. The van der Waals surface area contributed by atoms with Crippen LogP contribution < -0.4 is 20.3 Å². The second kappa shape index (κ2) is 13.2. The first-order chi connectivity index (χ1) is 29.1. The third-order valence-electron chi connectivity index (χ3n) is 12.4. The van der Waals surface area contributed by atoms with Gasteiger partial charge in [0.2, 0.25) is 0 Å². The van der Waals surface area contributed by atoms with E-state index in [1.807, 2.05) is 11.3 Å². The molecule has 0 radical (unpaired) electrons. The summed E-state index contributed by atoms with van der Waals surface area (Å²) in [4.78, 5) is 2.45. The maximum absolute atomic E-state index is 7.10. The highest BCUT2D eigenvalue weighted by molar-refractivity contribution is 7.26. The highest BCUT2D eigenvalue weighted by Crippen LogP contribution is 2.52. The number of thiophene rings is 1. The minimum atomic E-state index is -0.479. The Morgan fingerprint density at radius 3 is 2.10 bits per heavy atom. The van der Waals surface area contributed by atoms with Crippen molar-refractivity contribution in [1.29, 1.82) is 0 Å². The van der Waals surface area contributed by atoms with Crippen molar-refractivity contribution < 1.29 is 9.15 Å². The smallest absolute Gasteiger partial charge is 0.140 e. The Balaban J connectivity index is 1.14. The molecule has 0 saturated heterocycles. The van der Waals surface area contributed by atoms with E-state index in [0.29, 0.717) is 0 Å². The number of furan rings is 1. The fraction of sp³-hybridized carbons (Fsp3) is 0.0545. The Kier molecular flexibility index (Phi) is 7.60. The highest BCUT2D eigenvalue weighted by Gasteiger charge is 2.50. The Bertz CT molecular complexity index is 3400. The van der Waals surface area contributed by atoms with E-state index in [1.54, 1.807) is 0 Å². The zero-order valence-corrected chi connectivity index (χ0v) is 33.1. The van der Waals surface area contributed by atoms with Crippen molar-refractivity contribution in [1.82, 2.24) is 0 Å². The van der Waals surface area contributed by atoms with Gasteiger partial charge in [0.05, 0.1) is 21.5 Å². The average molecular weight is 776 g/mol. The molecule has 1 aliphatic carbocycles. The van der Waals surface area contributed by atoms with E-state index in [1.165, 1.54) is 42.4 Å². The van der Waals surface area contributed by atoms with Crippen LogP contribution in [0.5, 0.6) is 5.75 Å². The first-order valence-electron chi connectivity index (χ1n) is 20.2. The summed E-state index contributed by atoms with van der Waals surface area (Å²) in [5.74, 6) is 0.920. The molecule has 0 N–H and O–H groups in total. The van der Waals surface area contributed by atoms with Gasteiger partial charge in [-0.1, -0.05) is 146 Å². The Morgan fingerprint density at radius 2 is 1.22 bits per heavy atom. The van der Waals surface area contributed by atoms with E-state index in [9.17, 15) is 0 Å². The van der Waals surface area contributed by atoms with Gasteiger partial charge >= 0.3 is 0 Å². The molecule has 0 bridgehead atoms. The van der Waals surface area contributed by atoms with Crippen molar-refractivity contribution in [3.63, 3.8) is 0 Å². The predicted octanol–water partition coefficient (Wildman–Crippen LogP) is 13.3. The van der Waals surface area contributed by atoms with Gasteiger partial charge in [0.15, 0.2) is 0 Å². The van der Waals surface area contributed by atoms with Crippen LogP contribution in [0.25, 0.3) is 65.0 Å². The number of rotatable bonds is 6. The van der Waals surface area contributed by atoms with Gasteiger partial charge in [0.1, 0.15) is 22.9 Å². The van der Waals surface area contributed by atoms with Gasteiger partial charge in [-0.15, -0.1) is 11.3 Å². The Morgan fingerprint density at radius 1 is 0.542 bits per heavy atom. The first kappa shape index (κ1) is 33.9. The molecular formula is C55H37NO2S. The third kappa shape index (κ3) is 5.20. The number of hydrogen-bond acceptors (Lipinski definition) is 4. The molecular weight excluding hydrogens is 739 g/mol. The molecule has 2 aliphatic rings. The summed E-state index contributed by atoms with van der Waals surface area (Å²) < 4.78 is 16.5. The van der Waals surface area contributed by atoms with Gasteiger partial charge in [-0.25, -0.2) is 0 Å². The van der Waals surface area contributed by atoms with E-state index in [4.69, 9.17) is 9.15 Å². The lowest BCUT2D eigenvalue weighted by molar-refractivity contribution is 0.246. The van der Waals surface area contributed by atoms with Crippen molar-refractivity contribution in [2.45, 2.75) is 18.4 Å². The van der Waals surface area contributed by atoms with E-state index in [0.717, 1.165) is 61.1 Å². The number of para-hydroxylation sites is 2. The molecule has 2 unspecified atom stereocenters. The van der Waals surface area contributed by atoms with Crippen LogP contribution in [0.2, 0.25) is 0 Å². The van der Waals surface area contributed by atoms with Crippen molar-refractivity contribution in [2.24, 2.45) is 0 Å². The summed E-state index contributed by atoms with van der Waals surface area (Å²) in [5, 5.41) is 4.66. The predicted molar refractivity (Wildman–Crippen MR) is 246 cm³/mol. The molecule has 0 fully saturated rings. The van der Waals surface area contributed by atoms with E-state index in [-0.39, 0.29) is 6.10 Å². The summed E-state index contributed by atoms with van der Waals surface area (Å²) in [6.45, 7) is 2.32. The lowest BCUT2D eigenvalue weighted by Gasteiger charge is -2.33. The second-order valence-corrected chi connectivity index (χ2v) is 16.8. The largest absolute Gasteiger partial charge is 0.485 e. The SMILES string of the molecule is CC12C(c3cccc(-c4ccccc4)c3)=c3oc4ccc(N(c5ccccc5-c5ccccc5)c5cccc6c5sc5ccccc56)cc4c3=CC1Oc1ccccc12. The molecule has 12 rings (SSSR count). The highest BCUT2D eigenvalue weighted by atomic mass is 32.1. The van der Waals surface area contributed by atoms with Crippen molar-refractivity contribution in [3.05, 3.63) is 216 Å².